The molecule has 1 fully saturated rings. The van der Waals surface area contributed by atoms with E-state index in [4.69, 9.17) is 0 Å². The molecule has 1 unspecified atom stereocenters. The first-order valence-electron chi connectivity index (χ1n) is 10.4. The van der Waals surface area contributed by atoms with Gasteiger partial charge in [-0.05, 0) is 37.9 Å². The predicted octanol–water partition coefficient (Wildman–Crippen LogP) is 2.33. The average Bonchev–Trinajstić information content (AvgIpc) is 3.04. The Kier molecular flexibility index (Phi) is 4.75. The van der Waals surface area contributed by atoms with Crippen molar-refractivity contribution in [2.45, 2.75) is 31.7 Å². The zero-order valence-electron chi connectivity index (χ0n) is 16.8. The average molecular weight is 390 g/mol. The van der Waals surface area contributed by atoms with Gasteiger partial charge in [-0.3, -0.25) is 9.78 Å². The van der Waals surface area contributed by atoms with Gasteiger partial charge in [0.15, 0.2) is 0 Å². The lowest BCUT2D eigenvalue weighted by molar-refractivity contribution is 0.0755. The number of amides is 1. The molecule has 2 aliphatic heterocycles. The molecule has 7 heteroatoms. The molecule has 2 aliphatic rings. The molecule has 1 atom stereocenters. The number of hydrogen-bond acceptors (Lipinski definition) is 5. The van der Waals surface area contributed by atoms with Gasteiger partial charge in [0.1, 0.15) is 17.3 Å². The molecule has 2 aromatic heterocycles. The maximum Gasteiger partial charge on any atom is 0.273 e. The second-order valence-electron chi connectivity index (χ2n) is 8.15. The third-order valence-corrected chi connectivity index (χ3v) is 6.21. The first-order chi connectivity index (χ1) is 14.2. The molecule has 1 amide bonds. The fourth-order valence-corrected chi connectivity index (χ4v) is 4.67. The number of carbonyl (C=O) groups is 1. The molecule has 29 heavy (non-hydrogen) atoms. The molecule has 0 radical (unpaired) electrons. The van der Waals surface area contributed by atoms with Crippen molar-refractivity contribution < 1.29 is 4.79 Å². The number of carbonyl (C=O) groups excluding carboxylic acids is 1. The second-order valence-corrected chi connectivity index (χ2v) is 8.15. The van der Waals surface area contributed by atoms with Gasteiger partial charge in [-0.2, -0.15) is 0 Å². The number of nitrogens with zero attached hydrogens (tertiary/aromatic N) is 6. The lowest BCUT2D eigenvalue weighted by Crippen LogP contribution is -2.35. The normalized spacial score (nSPS) is 20.4. The van der Waals surface area contributed by atoms with Crippen LogP contribution in [0.2, 0.25) is 0 Å². The predicted molar refractivity (Wildman–Crippen MR) is 111 cm³/mol. The van der Waals surface area contributed by atoms with Crippen LogP contribution in [0.1, 0.15) is 40.9 Å². The summed E-state index contributed by atoms with van der Waals surface area (Å²) in [5.41, 5.74) is 0.537. The molecule has 7 nitrogen and oxygen atoms in total. The van der Waals surface area contributed by atoms with Gasteiger partial charge in [0, 0.05) is 50.1 Å². The van der Waals surface area contributed by atoms with Crippen LogP contribution in [0.15, 0.2) is 36.5 Å². The number of fused-ring (bicyclic) bond motifs is 2. The Balaban J connectivity index is 1.37. The maximum atomic E-state index is 13.3. The van der Waals surface area contributed by atoms with E-state index in [0.29, 0.717) is 24.7 Å². The summed E-state index contributed by atoms with van der Waals surface area (Å²) in [5.74, 6) is 2.51. The Morgan fingerprint density at radius 3 is 2.86 bits per heavy atom. The largest absolute Gasteiger partial charge is 0.335 e. The van der Waals surface area contributed by atoms with Crippen LogP contribution < -0.4 is 0 Å². The van der Waals surface area contributed by atoms with Crippen molar-refractivity contribution in [2.75, 3.05) is 33.2 Å². The van der Waals surface area contributed by atoms with Crippen LogP contribution in [0.5, 0.6) is 0 Å². The minimum atomic E-state index is -0.000498. The van der Waals surface area contributed by atoms with Crippen molar-refractivity contribution in [1.29, 1.82) is 0 Å². The van der Waals surface area contributed by atoms with Crippen molar-refractivity contribution in [2.24, 2.45) is 0 Å². The number of likely N-dealkylation sites (N-methyl/N-ethyl adjacent to an activating group) is 1. The summed E-state index contributed by atoms with van der Waals surface area (Å²) < 4.78 is 2.26. The van der Waals surface area contributed by atoms with Crippen LogP contribution in [-0.2, 0) is 13.0 Å². The van der Waals surface area contributed by atoms with Crippen LogP contribution >= 0.6 is 0 Å². The van der Waals surface area contributed by atoms with Crippen molar-refractivity contribution in [3.63, 3.8) is 0 Å². The van der Waals surface area contributed by atoms with Crippen LogP contribution in [0.25, 0.3) is 10.8 Å². The zero-order chi connectivity index (χ0) is 19.8. The van der Waals surface area contributed by atoms with E-state index in [1.165, 1.54) is 6.42 Å². The van der Waals surface area contributed by atoms with E-state index in [-0.39, 0.29) is 5.91 Å². The SMILES string of the molecule is CN1CCCC(c2nnc3n2CCN(C(=O)c2nccc4ccccc24)CC3)C1. The van der Waals surface area contributed by atoms with Crippen molar-refractivity contribution in [1.82, 2.24) is 29.5 Å². The van der Waals surface area contributed by atoms with E-state index in [0.717, 1.165) is 54.9 Å². The van der Waals surface area contributed by atoms with Gasteiger partial charge < -0.3 is 14.4 Å². The van der Waals surface area contributed by atoms with Gasteiger partial charge in [0.05, 0.1) is 0 Å². The first kappa shape index (κ1) is 18.2. The van der Waals surface area contributed by atoms with Gasteiger partial charge in [-0.15, -0.1) is 10.2 Å². The quantitative estimate of drug-likeness (QED) is 0.672. The third kappa shape index (κ3) is 3.40. The Bertz CT molecular complexity index is 1040. The second kappa shape index (κ2) is 7.55. The highest BCUT2D eigenvalue weighted by atomic mass is 16.2. The number of hydrogen-bond donors (Lipinski definition) is 0. The molecule has 5 rings (SSSR count). The molecule has 1 aromatic carbocycles. The molecule has 1 saturated heterocycles. The van der Waals surface area contributed by atoms with E-state index in [1.54, 1.807) is 6.20 Å². The van der Waals surface area contributed by atoms with Crippen LogP contribution in [0.3, 0.4) is 0 Å². The first-order valence-corrected chi connectivity index (χ1v) is 10.4. The Hall–Kier alpha value is -2.80. The van der Waals surface area contributed by atoms with E-state index in [1.807, 2.05) is 35.2 Å². The van der Waals surface area contributed by atoms with E-state index < -0.39 is 0 Å². The Morgan fingerprint density at radius 1 is 1.07 bits per heavy atom. The summed E-state index contributed by atoms with van der Waals surface area (Å²) in [4.78, 5) is 22.0. The summed E-state index contributed by atoms with van der Waals surface area (Å²) >= 11 is 0. The molecular weight excluding hydrogens is 364 g/mol. The molecule has 3 aromatic rings. The summed E-state index contributed by atoms with van der Waals surface area (Å²) in [6, 6.07) is 9.88. The molecule has 150 valence electrons. The lowest BCUT2D eigenvalue weighted by Gasteiger charge is -2.29. The van der Waals surface area contributed by atoms with Crippen molar-refractivity contribution >= 4 is 16.7 Å². The number of likely N-dealkylation sites (tertiary alicyclic amines) is 1. The smallest absolute Gasteiger partial charge is 0.273 e. The summed E-state index contributed by atoms with van der Waals surface area (Å²) in [5, 5.41) is 11.0. The monoisotopic (exact) mass is 390 g/mol. The van der Waals surface area contributed by atoms with Crippen LogP contribution in [0, 0.1) is 0 Å². The van der Waals surface area contributed by atoms with E-state index >= 15 is 0 Å². The lowest BCUT2D eigenvalue weighted by atomic mass is 9.97. The molecule has 0 spiro atoms. The fourth-order valence-electron chi connectivity index (χ4n) is 4.67. The van der Waals surface area contributed by atoms with Crippen molar-refractivity contribution in [3.05, 3.63) is 53.9 Å². The minimum Gasteiger partial charge on any atom is -0.335 e. The van der Waals surface area contributed by atoms with Crippen LogP contribution in [-0.4, -0.2) is 68.7 Å². The summed E-state index contributed by atoms with van der Waals surface area (Å²) in [7, 11) is 2.17. The minimum absolute atomic E-state index is 0.000498. The standard InChI is InChI=1S/C22H26N6O/c1-26-11-4-6-17(15-26)21-25-24-19-9-12-27(13-14-28(19)21)22(29)20-18-7-3-2-5-16(18)8-10-23-20/h2-3,5,7-8,10,17H,4,6,9,11-15H2,1H3. The van der Waals surface area contributed by atoms with Gasteiger partial charge >= 0.3 is 0 Å². The molecule has 0 N–H and O–H groups in total. The number of rotatable bonds is 2. The van der Waals surface area contributed by atoms with Gasteiger partial charge in [-0.1, -0.05) is 24.3 Å². The molecule has 0 saturated carbocycles. The maximum absolute atomic E-state index is 13.3. The number of aromatic nitrogens is 4. The molecule has 0 aliphatic carbocycles. The van der Waals surface area contributed by atoms with Gasteiger partial charge in [0.2, 0.25) is 0 Å². The summed E-state index contributed by atoms with van der Waals surface area (Å²) in [6.45, 7) is 4.23. The van der Waals surface area contributed by atoms with E-state index in [9.17, 15) is 4.79 Å². The zero-order valence-corrected chi connectivity index (χ0v) is 16.8. The van der Waals surface area contributed by atoms with Crippen LogP contribution in [0.4, 0.5) is 0 Å². The van der Waals surface area contributed by atoms with Gasteiger partial charge in [0.25, 0.3) is 5.91 Å². The highest BCUT2D eigenvalue weighted by Crippen LogP contribution is 2.26. The Labute approximate surface area is 170 Å². The number of benzene rings is 1. The Morgan fingerprint density at radius 2 is 1.97 bits per heavy atom. The molecule has 4 heterocycles. The molecular formula is C22H26N6O. The van der Waals surface area contributed by atoms with Crippen molar-refractivity contribution in [3.8, 4) is 0 Å². The highest BCUT2D eigenvalue weighted by Gasteiger charge is 2.28. The third-order valence-electron chi connectivity index (χ3n) is 6.21. The highest BCUT2D eigenvalue weighted by molar-refractivity contribution is 6.05. The number of piperidine rings is 1. The fraction of sp³-hybridized carbons (Fsp3) is 0.455. The van der Waals surface area contributed by atoms with E-state index in [2.05, 4.69) is 31.7 Å². The van der Waals surface area contributed by atoms with Gasteiger partial charge in [-0.25, -0.2) is 0 Å². The summed E-state index contributed by atoms with van der Waals surface area (Å²) in [6.07, 6.45) is 4.80. The number of pyridine rings is 1. The molecule has 0 bridgehead atoms. The topological polar surface area (TPSA) is 67.2 Å².